The van der Waals surface area contributed by atoms with Crippen LogP contribution in [0.3, 0.4) is 0 Å². The number of rotatable bonds is 2. The third-order valence-corrected chi connectivity index (χ3v) is 3.13. The maximum Gasteiger partial charge on any atom is 0.416 e. The van der Waals surface area contributed by atoms with Crippen molar-refractivity contribution in [2.24, 2.45) is 7.05 Å². The van der Waals surface area contributed by atoms with Gasteiger partial charge in [0.1, 0.15) is 5.82 Å². The zero-order valence-corrected chi connectivity index (χ0v) is 11.4. The third kappa shape index (κ3) is 2.58. The summed E-state index contributed by atoms with van der Waals surface area (Å²) in [5.74, 6) is 0.491. The minimum absolute atomic E-state index is 0.292. The molecule has 0 N–H and O–H groups in total. The molecular weight excluding hydrogens is 327 g/mol. The Hall–Kier alpha value is -1.57. The Morgan fingerprint density at radius 2 is 1.84 bits per heavy atom. The van der Waals surface area contributed by atoms with Crippen LogP contribution in [0, 0.1) is 0 Å². The van der Waals surface area contributed by atoms with E-state index in [-0.39, 0.29) is 0 Å². The van der Waals surface area contributed by atoms with E-state index in [0.29, 0.717) is 16.8 Å². The van der Waals surface area contributed by atoms with Gasteiger partial charge in [0, 0.05) is 7.05 Å². The smallest absolute Gasteiger partial charge is 0.281 e. The second-order valence-corrected chi connectivity index (χ2v) is 4.41. The number of aromatic nitrogens is 3. The lowest BCUT2D eigenvalue weighted by Gasteiger charge is -2.06. The Morgan fingerprint density at radius 1 is 1.26 bits per heavy atom. The molecule has 1 aromatic heterocycles. The van der Waals surface area contributed by atoms with Crippen molar-refractivity contribution < 1.29 is 13.2 Å². The second kappa shape index (κ2) is 4.84. The van der Waals surface area contributed by atoms with E-state index < -0.39 is 17.4 Å². The summed E-state index contributed by atoms with van der Waals surface area (Å²) in [6, 6.07) is 4.28. The monoisotopic (exact) mass is 335 g/mol. The molecule has 0 aliphatic heterocycles. The zero-order valence-electron chi connectivity index (χ0n) is 9.78. The van der Waals surface area contributed by atoms with Crippen molar-refractivity contribution in [3.05, 3.63) is 46.1 Å². The van der Waals surface area contributed by atoms with Crippen molar-refractivity contribution in [2.75, 3.05) is 0 Å². The molecule has 1 heterocycles. The van der Waals surface area contributed by atoms with E-state index in [2.05, 4.69) is 21.0 Å². The van der Waals surface area contributed by atoms with E-state index in [0.717, 1.165) is 16.8 Å². The SMILES string of the molecule is Cn1c(CBr)nn(-c2ccc(C(F)(F)F)cc2)c1=O. The maximum absolute atomic E-state index is 12.4. The van der Waals surface area contributed by atoms with E-state index in [1.54, 1.807) is 7.05 Å². The van der Waals surface area contributed by atoms with E-state index in [9.17, 15) is 18.0 Å². The quantitative estimate of drug-likeness (QED) is 0.791. The number of halogens is 4. The number of hydrogen-bond acceptors (Lipinski definition) is 2. The predicted molar refractivity (Wildman–Crippen MR) is 66.4 cm³/mol. The Labute approximate surface area is 114 Å². The highest BCUT2D eigenvalue weighted by molar-refractivity contribution is 9.08. The maximum atomic E-state index is 12.4. The summed E-state index contributed by atoms with van der Waals surface area (Å²) in [5, 5.41) is 4.41. The van der Waals surface area contributed by atoms with Crippen LogP contribution in [0.1, 0.15) is 11.4 Å². The van der Waals surface area contributed by atoms with Gasteiger partial charge in [-0.25, -0.2) is 4.79 Å². The standard InChI is InChI=1S/C11H9BrF3N3O/c1-17-9(6-12)16-18(10(17)19)8-4-2-7(3-5-8)11(13,14)15/h2-5H,6H2,1H3. The number of hydrogen-bond donors (Lipinski definition) is 0. The van der Waals surface area contributed by atoms with Crippen molar-refractivity contribution >= 4 is 15.9 Å². The second-order valence-electron chi connectivity index (χ2n) is 3.85. The first-order chi connectivity index (χ1) is 8.84. The predicted octanol–water partition coefficient (Wildman–Crippen LogP) is 2.48. The lowest BCUT2D eigenvalue weighted by atomic mass is 10.2. The van der Waals surface area contributed by atoms with Crippen LogP contribution in [0.5, 0.6) is 0 Å². The molecule has 0 aliphatic rings. The Bertz CT molecular complexity index is 643. The van der Waals surface area contributed by atoms with E-state index in [1.165, 1.54) is 16.7 Å². The number of nitrogens with zero attached hydrogens (tertiary/aromatic N) is 3. The molecule has 0 aliphatic carbocycles. The minimum Gasteiger partial charge on any atom is -0.281 e. The minimum atomic E-state index is -4.39. The molecular formula is C11H9BrF3N3O. The molecule has 0 unspecified atom stereocenters. The van der Waals surface area contributed by atoms with Gasteiger partial charge in [0.05, 0.1) is 16.6 Å². The fourth-order valence-electron chi connectivity index (χ4n) is 1.55. The molecule has 2 rings (SSSR count). The summed E-state index contributed by atoms with van der Waals surface area (Å²) < 4.78 is 39.7. The molecule has 0 atom stereocenters. The molecule has 2 aromatic rings. The Morgan fingerprint density at radius 3 is 2.26 bits per heavy atom. The Balaban J connectivity index is 2.46. The lowest BCUT2D eigenvalue weighted by Crippen LogP contribution is -2.22. The van der Waals surface area contributed by atoms with Crippen LogP contribution in [-0.2, 0) is 18.6 Å². The van der Waals surface area contributed by atoms with Crippen LogP contribution in [-0.4, -0.2) is 14.3 Å². The number of benzene rings is 1. The number of alkyl halides is 4. The van der Waals surface area contributed by atoms with Crippen molar-refractivity contribution in [3.8, 4) is 5.69 Å². The van der Waals surface area contributed by atoms with Gasteiger partial charge in [-0.15, -0.1) is 5.10 Å². The van der Waals surface area contributed by atoms with Crippen LogP contribution in [0.15, 0.2) is 29.1 Å². The van der Waals surface area contributed by atoms with Crippen molar-refractivity contribution in [2.45, 2.75) is 11.5 Å². The molecule has 0 fully saturated rings. The fourth-order valence-corrected chi connectivity index (χ4v) is 2.04. The highest BCUT2D eigenvalue weighted by Gasteiger charge is 2.30. The summed E-state index contributed by atoms with van der Waals surface area (Å²) in [7, 11) is 1.55. The highest BCUT2D eigenvalue weighted by atomic mass is 79.9. The van der Waals surface area contributed by atoms with Crippen LogP contribution in [0.4, 0.5) is 13.2 Å². The molecule has 0 amide bonds. The molecule has 102 valence electrons. The first-order valence-electron chi connectivity index (χ1n) is 5.23. The first kappa shape index (κ1) is 13.9. The molecule has 1 aromatic carbocycles. The fraction of sp³-hybridized carbons (Fsp3) is 0.273. The summed E-state index contributed by atoms with van der Waals surface area (Å²) >= 11 is 3.18. The van der Waals surface area contributed by atoms with Gasteiger partial charge >= 0.3 is 11.9 Å². The summed E-state index contributed by atoms with van der Waals surface area (Å²) in [4.78, 5) is 11.9. The lowest BCUT2D eigenvalue weighted by molar-refractivity contribution is -0.137. The van der Waals surface area contributed by atoms with Crippen LogP contribution in [0.2, 0.25) is 0 Å². The Kier molecular flexibility index (Phi) is 3.53. The third-order valence-electron chi connectivity index (χ3n) is 2.63. The van der Waals surface area contributed by atoms with Gasteiger partial charge in [-0.3, -0.25) is 4.57 Å². The molecule has 0 saturated heterocycles. The molecule has 4 nitrogen and oxygen atoms in total. The van der Waals surface area contributed by atoms with Gasteiger partial charge in [0.15, 0.2) is 0 Å². The van der Waals surface area contributed by atoms with E-state index in [4.69, 9.17) is 0 Å². The molecule has 8 heteroatoms. The van der Waals surface area contributed by atoms with Gasteiger partial charge in [-0.05, 0) is 24.3 Å². The molecule has 0 radical (unpaired) electrons. The summed E-state index contributed by atoms with van der Waals surface area (Å²) in [6.45, 7) is 0. The van der Waals surface area contributed by atoms with Crippen molar-refractivity contribution in [1.29, 1.82) is 0 Å². The van der Waals surface area contributed by atoms with Gasteiger partial charge in [0.2, 0.25) is 0 Å². The summed E-state index contributed by atoms with van der Waals surface area (Å²) in [5.41, 5.74) is -0.879. The molecule has 0 saturated carbocycles. The van der Waals surface area contributed by atoms with Crippen molar-refractivity contribution in [1.82, 2.24) is 14.3 Å². The van der Waals surface area contributed by atoms with E-state index >= 15 is 0 Å². The zero-order chi connectivity index (χ0) is 14.2. The largest absolute Gasteiger partial charge is 0.416 e. The van der Waals surface area contributed by atoms with Gasteiger partial charge in [0.25, 0.3) is 0 Å². The summed E-state index contributed by atoms with van der Waals surface area (Å²) in [6.07, 6.45) is -4.39. The normalized spacial score (nSPS) is 11.8. The van der Waals surface area contributed by atoms with Crippen molar-refractivity contribution in [3.63, 3.8) is 0 Å². The van der Waals surface area contributed by atoms with Crippen LogP contribution >= 0.6 is 15.9 Å². The van der Waals surface area contributed by atoms with Gasteiger partial charge in [-0.1, -0.05) is 15.9 Å². The molecule has 19 heavy (non-hydrogen) atoms. The first-order valence-corrected chi connectivity index (χ1v) is 6.35. The molecule has 0 bridgehead atoms. The van der Waals surface area contributed by atoms with E-state index in [1.807, 2.05) is 0 Å². The van der Waals surface area contributed by atoms with Crippen LogP contribution < -0.4 is 5.69 Å². The van der Waals surface area contributed by atoms with Crippen LogP contribution in [0.25, 0.3) is 5.69 Å². The topological polar surface area (TPSA) is 39.8 Å². The average molecular weight is 336 g/mol. The van der Waals surface area contributed by atoms with Gasteiger partial charge < -0.3 is 0 Å². The van der Waals surface area contributed by atoms with Gasteiger partial charge in [-0.2, -0.15) is 17.9 Å². The molecule has 0 spiro atoms. The average Bonchev–Trinajstić information content (AvgIpc) is 2.65. The highest BCUT2D eigenvalue weighted by Crippen LogP contribution is 2.29.